The molecule has 0 fully saturated rings. The van der Waals surface area contributed by atoms with Crippen LogP contribution < -0.4 is 0 Å². The normalized spacial score (nSPS) is 10.9. The van der Waals surface area contributed by atoms with Gasteiger partial charge in [0.2, 0.25) is 0 Å². The molecular weight excluding hydrogens is 254 g/mol. The van der Waals surface area contributed by atoms with Crippen molar-refractivity contribution in [3.8, 4) is 0 Å². The van der Waals surface area contributed by atoms with E-state index in [1.54, 1.807) is 0 Å². The van der Waals surface area contributed by atoms with Crippen molar-refractivity contribution in [1.82, 2.24) is 0 Å². The summed E-state index contributed by atoms with van der Waals surface area (Å²) in [6.07, 6.45) is 2.24. The predicted molar refractivity (Wildman–Crippen MR) is 53.8 cm³/mol. The van der Waals surface area contributed by atoms with Crippen LogP contribution in [0.4, 0.5) is 8.78 Å². The highest BCUT2D eigenvalue weighted by Crippen LogP contribution is 2.20. The lowest BCUT2D eigenvalue weighted by molar-refractivity contribution is -0.112. The van der Waals surface area contributed by atoms with Crippen LogP contribution in [0.5, 0.6) is 0 Å². The first kappa shape index (κ1) is 11.0. The number of ketones is 1. The van der Waals surface area contributed by atoms with E-state index in [1.165, 1.54) is 6.92 Å². The molecule has 1 nitrogen and oxygen atoms in total. The average molecular weight is 261 g/mol. The highest BCUT2D eigenvalue weighted by Gasteiger charge is 2.07. The number of carbonyl (C=O) groups excluding carboxylic acids is 1. The summed E-state index contributed by atoms with van der Waals surface area (Å²) >= 11 is 2.96. The van der Waals surface area contributed by atoms with Gasteiger partial charge in [0.25, 0.3) is 0 Å². The number of halogens is 3. The van der Waals surface area contributed by atoms with Gasteiger partial charge in [-0.2, -0.15) is 0 Å². The molecule has 0 aliphatic heterocycles. The van der Waals surface area contributed by atoms with Crippen LogP contribution in [0.15, 0.2) is 22.7 Å². The summed E-state index contributed by atoms with van der Waals surface area (Å²) in [6.45, 7) is 1.31. The molecule has 1 aromatic carbocycles. The molecule has 0 saturated heterocycles. The van der Waals surface area contributed by atoms with Gasteiger partial charge in [-0.15, -0.1) is 0 Å². The largest absolute Gasteiger partial charge is 0.295 e. The van der Waals surface area contributed by atoms with E-state index in [1.807, 2.05) is 0 Å². The Labute approximate surface area is 88.6 Å². The van der Waals surface area contributed by atoms with E-state index in [0.717, 1.165) is 24.3 Å². The van der Waals surface area contributed by atoms with Crippen molar-refractivity contribution in [2.75, 3.05) is 0 Å². The SMILES string of the molecule is CC(=O)/C=C/c1c(F)cc(Br)cc1F. The van der Waals surface area contributed by atoms with E-state index in [-0.39, 0.29) is 11.3 Å². The lowest BCUT2D eigenvalue weighted by Gasteiger charge is -1.99. The van der Waals surface area contributed by atoms with Gasteiger partial charge in [0.1, 0.15) is 11.6 Å². The minimum Gasteiger partial charge on any atom is -0.295 e. The summed E-state index contributed by atoms with van der Waals surface area (Å²) in [7, 11) is 0. The third kappa shape index (κ3) is 2.73. The molecule has 14 heavy (non-hydrogen) atoms. The molecule has 4 heteroatoms. The van der Waals surface area contributed by atoms with Gasteiger partial charge in [-0.25, -0.2) is 8.78 Å². The number of hydrogen-bond acceptors (Lipinski definition) is 1. The van der Waals surface area contributed by atoms with Crippen molar-refractivity contribution in [3.05, 3.63) is 39.9 Å². The molecule has 0 aliphatic rings. The Morgan fingerprint density at radius 3 is 2.29 bits per heavy atom. The van der Waals surface area contributed by atoms with E-state index in [4.69, 9.17) is 0 Å². The molecule has 0 aliphatic carbocycles. The summed E-state index contributed by atoms with van der Waals surface area (Å²) in [5, 5.41) is 0. The van der Waals surface area contributed by atoms with Crippen LogP contribution in [-0.2, 0) is 4.79 Å². The zero-order chi connectivity index (χ0) is 10.7. The number of carbonyl (C=O) groups is 1. The zero-order valence-electron chi connectivity index (χ0n) is 7.35. The summed E-state index contributed by atoms with van der Waals surface area (Å²) < 4.78 is 26.6. The zero-order valence-corrected chi connectivity index (χ0v) is 8.94. The van der Waals surface area contributed by atoms with E-state index in [2.05, 4.69) is 15.9 Å². The van der Waals surface area contributed by atoms with E-state index in [9.17, 15) is 13.6 Å². The molecule has 0 unspecified atom stereocenters. The van der Waals surface area contributed by atoms with Crippen molar-refractivity contribution in [2.45, 2.75) is 6.92 Å². The smallest absolute Gasteiger partial charge is 0.152 e. The average Bonchev–Trinajstić information content (AvgIpc) is 2.01. The summed E-state index contributed by atoms with van der Waals surface area (Å²) in [5.41, 5.74) is -0.205. The Kier molecular flexibility index (Phi) is 3.52. The second kappa shape index (κ2) is 4.46. The molecule has 74 valence electrons. The molecule has 0 bridgehead atoms. The minimum atomic E-state index is -0.700. The fourth-order valence-corrected chi connectivity index (χ4v) is 1.32. The van der Waals surface area contributed by atoms with Crippen LogP contribution in [0.3, 0.4) is 0 Å². The molecule has 1 rings (SSSR count). The standard InChI is InChI=1S/C10H7BrF2O/c1-6(14)2-3-8-9(12)4-7(11)5-10(8)13/h2-5H,1H3/b3-2+. The first-order valence-corrected chi connectivity index (χ1v) is 4.63. The predicted octanol–water partition coefficient (Wildman–Crippen LogP) is 3.33. The maximum atomic E-state index is 13.1. The van der Waals surface area contributed by atoms with E-state index < -0.39 is 11.6 Å². The second-order valence-corrected chi connectivity index (χ2v) is 3.64. The van der Waals surface area contributed by atoms with Crippen LogP contribution in [-0.4, -0.2) is 5.78 Å². The number of hydrogen-bond donors (Lipinski definition) is 0. The van der Waals surface area contributed by atoms with Gasteiger partial charge in [-0.3, -0.25) is 4.79 Å². The molecule has 0 aromatic heterocycles. The third-order valence-corrected chi connectivity index (χ3v) is 1.99. The third-order valence-electron chi connectivity index (χ3n) is 1.53. The molecular formula is C10H7BrF2O. The van der Waals surface area contributed by atoms with Crippen LogP contribution >= 0.6 is 15.9 Å². The van der Waals surface area contributed by atoms with Gasteiger partial charge in [-0.1, -0.05) is 15.9 Å². The maximum Gasteiger partial charge on any atom is 0.152 e. The Morgan fingerprint density at radius 1 is 1.36 bits per heavy atom. The lowest BCUT2D eigenvalue weighted by Crippen LogP contribution is -1.90. The Bertz CT molecular complexity index is 376. The van der Waals surface area contributed by atoms with Crippen LogP contribution in [0, 0.1) is 11.6 Å². The van der Waals surface area contributed by atoms with Gasteiger partial charge in [0, 0.05) is 10.0 Å². The molecule has 0 amide bonds. The topological polar surface area (TPSA) is 17.1 Å². The van der Waals surface area contributed by atoms with Gasteiger partial charge < -0.3 is 0 Å². The van der Waals surface area contributed by atoms with Crippen LogP contribution in [0.2, 0.25) is 0 Å². The molecule has 0 radical (unpaired) electrons. The van der Waals surface area contributed by atoms with Crippen LogP contribution in [0.25, 0.3) is 6.08 Å². The van der Waals surface area contributed by atoms with Crippen molar-refractivity contribution in [3.63, 3.8) is 0 Å². The molecule has 0 saturated carbocycles. The fourth-order valence-electron chi connectivity index (χ4n) is 0.913. The Morgan fingerprint density at radius 2 is 1.86 bits per heavy atom. The van der Waals surface area contributed by atoms with Gasteiger partial charge in [0.05, 0.1) is 0 Å². The minimum absolute atomic E-state index is 0.205. The first-order chi connectivity index (χ1) is 6.50. The monoisotopic (exact) mass is 260 g/mol. The van der Waals surface area contributed by atoms with E-state index >= 15 is 0 Å². The highest BCUT2D eigenvalue weighted by molar-refractivity contribution is 9.10. The number of allylic oxidation sites excluding steroid dienone is 1. The van der Waals surface area contributed by atoms with Crippen LogP contribution in [0.1, 0.15) is 12.5 Å². The summed E-state index contributed by atoms with van der Waals surface area (Å²) in [5.74, 6) is -1.66. The van der Waals surface area contributed by atoms with Gasteiger partial charge in [-0.05, 0) is 31.2 Å². The Hall–Kier alpha value is -1.03. The molecule has 0 spiro atoms. The maximum absolute atomic E-state index is 13.1. The van der Waals surface area contributed by atoms with Gasteiger partial charge in [0.15, 0.2) is 5.78 Å². The molecule has 1 aromatic rings. The molecule has 0 atom stereocenters. The Balaban J connectivity index is 3.15. The first-order valence-electron chi connectivity index (χ1n) is 3.84. The van der Waals surface area contributed by atoms with Crippen molar-refractivity contribution in [2.24, 2.45) is 0 Å². The number of rotatable bonds is 2. The quantitative estimate of drug-likeness (QED) is 0.746. The van der Waals surface area contributed by atoms with Gasteiger partial charge >= 0.3 is 0 Å². The number of benzene rings is 1. The fraction of sp³-hybridized carbons (Fsp3) is 0.100. The lowest BCUT2D eigenvalue weighted by atomic mass is 10.1. The second-order valence-electron chi connectivity index (χ2n) is 2.73. The van der Waals surface area contributed by atoms with Crippen molar-refractivity contribution in [1.29, 1.82) is 0 Å². The molecule has 0 N–H and O–H groups in total. The van der Waals surface area contributed by atoms with E-state index in [0.29, 0.717) is 4.47 Å². The summed E-state index contributed by atoms with van der Waals surface area (Å²) in [6, 6.07) is 2.28. The molecule has 0 heterocycles. The summed E-state index contributed by atoms with van der Waals surface area (Å²) in [4.78, 5) is 10.6. The highest BCUT2D eigenvalue weighted by atomic mass is 79.9. The van der Waals surface area contributed by atoms with Crippen molar-refractivity contribution >= 4 is 27.8 Å². The van der Waals surface area contributed by atoms with Crippen molar-refractivity contribution < 1.29 is 13.6 Å².